The van der Waals surface area contributed by atoms with Crippen LogP contribution in [0.5, 0.6) is 0 Å². The van der Waals surface area contributed by atoms with Crippen LogP contribution in [0.2, 0.25) is 0 Å². The van der Waals surface area contributed by atoms with E-state index >= 15 is 0 Å². The normalized spacial score (nSPS) is 19.7. The highest BCUT2D eigenvalue weighted by atomic mass is 32.2. The van der Waals surface area contributed by atoms with Crippen LogP contribution in [-0.4, -0.2) is 38.2 Å². The summed E-state index contributed by atoms with van der Waals surface area (Å²) >= 11 is 0. The molecule has 0 aromatic heterocycles. The number of likely N-dealkylation sites (tertiary alicyclic amines) is 1. The Balaban J connectivity index is 1.87. The minimum absolute atomic E-state index is 0.357. The molecule has 1 aliphatic rings. The van der Waals surface area contributed by atoms with Crippen LogP contribution in [0.4, 0.5) is 0 Å². The SMILES string of the molecule is CC(C)S(=O)(=O)NC[C@@H]1CCCN(Cc2ccc(C#N)cc2)C1. The van der Waals surface area contributed by atoms with Gasteiger partial charge < -0.3 is 0 Å². The van der Waals surface area contributed by atoms with E-state index < -0.39 is 10.0 Å². The summed E-state index contributed by atoms with van der Waals surface area (Å²) in [6.07, 6.45) is 2.15. The number of piperidine rings is 1. The third-order valence-corrected chi connectivity index (χ3v) is 6.10. The van der Waals surface area contributed by atoms with E-state index in [0.29, 0.717) is 18.0 Å². The highest BCUT2D eigenvalue weighted by Crippen LogP contribution is 2.18. The van der Waals surface area contributed by atoms with Crippen molar-refractivity contribution in [3.05, 3.63) is 35.4 Å². The Morgan fingerprint density at radius 3 is 2.65 bits per heavy atom. The summed E-state index contributed by atoms with van der Waals surface area (Å²) in [4.78, 5) is 2.36. The molecule has 1 saturated heterocycles. The Kier molecular flexibility index (Phi) is 6.17. The molecule has 0 saturated carbocycles. The third-order valence-electron chi connectivity index (χ3n) is 4.29. The van der Waals surface area contributed by atoms with E-state index in [9.17, 15) is 8.42 Å². The molecule has 1 aromatic rings. The zero-order valence-corrected chi connectivity index (χ0v) is 14.6. The second-order valence-electron chi connectivity index (χ2n) is 6.49. The summed E-state index contributed by atoms with van der Waals surface area (Å²) in [5, 5.41) is 8.44. The maximum atomic E-state index is 11.9. The van der Waals surface area contributed by atoms with Crippen LogP contribution in [0, 0.1) is 17.2 Å². The Morgan fingerprint density at radius 2 is 2.04 bits per heavy atom. The zero-order chi connectivity index (χ0) is 16.9. The second kappa shape index (κ2) is 7.91. The van der Waals surface area contributed by atoms with Gasteiger partial charge in [-0.25, -0.2) is 13.1 Å². The van der Waals surface area contributed by atoms with Gasteiger partial charge >= 0.3 is 0 Å². The summed E-state index contributed by atoms with van der Waals surface area (Å²) < 4.78 is 26.4. The van der Waals surface area contributed by atoms with E-state index in [1.807, 2.05) is 24.3 Å². The molecule has 0 spiro atoms. The number of sulfonamides is 1. The lowest BCUT2D eigenvalue weighted by Crippen LogP contribution is -2.42. The smallest absolute Gasteiger partial charge is 0.213 e. The minimum atomic E-state index is -3.18. The molecular weight excluding hydrogens is 310 g/mol. The van der Waals surface area contributed by atoms with Crippen LogP contribution in [0.15, 0.2) is 24.3 Å². The molecule has 1 aromatic carbocycles. The predicted octanol–water partition coefficient (Wildman–Crippen LogP) is 2.10. The monoisotopic (exact) mass is 335 g/mol. The first-order valence-corrected chi connectivity index (χ1v) is 9.65. The number of hydrogen-bond acceptors (Lipinski definition) is 4. The molecule has 1 heterocycles. The van der Waals surface area contributed by atoms with Gasteiger partial charge in [-0.15, -0.1) is 0 Å². The Labute approximate surface area is 139 Å². The highest BCUT2D eigenvalue weighted by molar-refractivity contribution is 7.90. The fraction of sp³-hybridized carbons (Fsp3) is 0.588. The number of benzene rings is 1. The number of nitrogens with zero attached hydrogens (tertiary/aromatic N) is 2. The Morgan fingerprint density at radius 1 is 1.35 bits per heavy atom. The molecular formula is C17H25N3O2S. The molecule has 1 N–H and O–H groups in total. The van der Waals surface area contributed by atoms with Crippen molar-refractivity contribution in [1.29, 1.82) is 5.26 Å². The molecule has 0 unspecified atom stereocenters. The fourth-order valence-corrected chi connectivity index (χ4v) is 3.61. The number of nitrogens with one attached hydrogen (secondary N) is 1. The van der Waals surface area contributed by atoms with Crippen LogP contribution < -0.4 is 4.72 Å². The van der Waals surface area contributed by atoms with Gasteiger partial charge in [0.2, 0.25) is 10.0 Å². The lowest BCUT2D eigenvalue weighted by atomic mass is 9.98. The minimum Gasteiger partial charge on any atom is -0.299 e. The second-order valence-corrected chi connectivity index (χ2v) is 8.82. The maximum Gasteiger partial charge on any atom is 0.213 e. The van der Waals surface area contributed by atoms with Gasteiger partial charge in [0.05, 0.1) is 16.9 Å². The van der Waals surface area contributed by atoms with E-state index in [1.165, 1.54) is 5.56 Å². The molecule has 126 valence electrons. The summed E-state index contributed by atoms with van der Waals surface area (Å²) in [6, 6.07) is 9.79. The fourth-order valence-electron chi connectivity index (χ4n) is 2.81. The first-order valence-electron chi connectivity index (χ1n) is 8.10. The molecule has 6 heteroatoms. The van der Waals surface area contributed by atoms with E-state index in [4.69, 9.17) is 5.26 Å². The van der Waals surface area contributed by atoms with Gasteiger partial charge in [0.25, 0.3) is 0 Å². The quantitative estimate of drug-likeness (QED) is 0.864. The first-order chi connectivity index (χ1) is 10.9. The molecule has 23 heavy (non-hydrogen) atoms. The van der Waals surface area contributed by atoms with E-state index in [1.54, 1.807) is 13.8 Å². The van der Waals surface area contributed by atoms with Gasteiger partial charge in [0, 0.05) is 19.6 Å². The van der Waals surface area contributed by atoms with Gasteiger partial charge in [-0.05, 0) is 56.8 Å². The molecule has 0 aliphatic carbocycles. The highest BCUT2D eigenvalue weighted by Gasteiger charge is 2.23. The Bertz CT molecular complexity index is 647. The summed E-state index contributed by atoms with van der Waals surface area (Å²) in [5.41, 5.74) is 1.86. The lowest BCUT2D eigenvalue weighted by Gasteiger charge is -2.33. The molecule has 2 rings (SSSR count). The van der Waals surface area contributed by atoms with Crippen molar-refractivity contribution in [2.45, 2.75) is 38.5 Å². The summed E-state index contributed by atoms with van der Waals surface area (Å²) in [7, 11) is -3.18. The van der Waals surface area contributed by atoms with Crippen molar-refractivity contribution in [2.24, 2.45) is 5.92 Å². The zero-order valence-electron chi connectivity index (χ0n) is 13.8. The number of hydrogen-bond donors (Lipinski definition) is 1. The summed E-state index contributed by atoms with van der Waals surface area (Å²) in [6.45, 7) is 6.69. The van der Waals surface area contributed by atoms with Gasteiger partial charge in [-0.2, -0.15) is 5.26 Å². The molecule has 0 radical (unpaired) electrons. The van der Waals surface area contributed by atoms with Gasteiger partial charge in [-0.3, -0.25) is 4.90 Å². The van der Waals surface area contributed by atoms with Crippen molar-refractivity contribution in [1.82, 2.24) is 9.62 Å². The third kappa shape index (κ3) is 5.31. The molecule has 1 atom stereocenters. The molecule has 5 nitrogen and oxygen atoms in total. The standard InChI is InChI=1S/C17H25N3O2S/c1-14(2)23(21,22)19-11-17-4-3-9-20(13-17)12-16-7-5-15(10-18)6-8-16/h5-8,14,17,19H,3-4,9,11-13H2,1-2H3/t17-/m0/s1. The van der Waals surface area contributed by atoms with E-state index in [-0.39, 0.29) is 5.25 Å². The average Bonchev–Trinajstić information content (AvgIpc) is 2.54. The topological polar surface area (TPSA) is 73.2 Å². The number of nitriles is 1. The van der Waals surface area contributed by atoms with Crippen LogP contribution in [0.3, 0.4) is 0 Å². The van der Waals surface area contributed by atoms with E-state index in [0.717, 1.165) is 32.5 Å². The van der Waals surface area contributed by atoms with Gasteiger partial charge in [-0.1, -0.05) is 12.1 Å². The van der Waals surface area contributed by atoms with Crippen molar-refractivity contribution >= 4 is 10.0 Å². The van der Waals surface area contributed by atoms with Crippen molar-refractivity contribution in [3.8, 4) is 6.07 Å². The average molecular weight is 335 g/mol. The summed E-state index contributed by atoms with van der Waals surface area (Å²) in [5.74, 6) is 0.357. The van der Waals surface area contributed by atoms with Gasteiger partial charge in [0.1, 0.15) is 0 Å². The lowest BCUT2D eigenvalue weighted by molar-refractivity contribution is 0.169. The Hall–Kier alpha value is -1.42. The molecule has 1 aliphatic heterocycles. The molecule has 1 fully saturated rings. The first kappa shape index (κ1) is 17.9. The largest absolute Gasteiger partial charge is 0.299 e. The molecule has 0 bridgehead atoms. The van der Waals surface area contributed by atoms with Crippen LogP contribution in [0.25, 0.3) is 0 Å². The molecule has 0 amide bonds. The van der Waals surface area contributed by atoms with Crippen LogP contribution in [-0.2, 0) is 16.6 Å². The van der Waals surface area contributed by atoms with Crippen LogP contribution in [0.1, 0.15) is 37.8 Å². The van der Waals surface area contributed by atoms with Crippen LogP contribution >= 0.6 is 0 Å². The van der Waals surface area contributed by atoms with E-state index in [2.05, 4.69) is 15.7 Å². The van der Waals surface area contributed by atoms with Crippen molar-refractivity contribution in [3.63, 3.8) is 0 Å². The number of rotatable bonds is 6. The maximum absolute atomic E-state index is 11.9. The van der Waals surface area contributed by atoms with Crippen molar-refractivity contribution < 1.29 is 8.42 Å². The predicted molar refractivity (Wildman–Crippen MR) is 91.2 cm³/mol. The van der Waals surface area contributed by atoms with Gasteiger partial charge in [0.15, 0.2) is 0 Å². The van der Waals surface area contributed by atoms with Crippen molar-refractivity contribution in [2.75, 3.05) is 19.6 Å².